The molecule has 0 aliphatic carbocycles. The van der Waals surface area contributed by atoms with Crippen LogP contribution in [0.25, 0.3) is 0 Å². The van der Waals surface area contributed by atoms with Crippen LogP contribution in [0.4, 0.5) is 5.69 Å². The fourth-order valence-corrected chi connectivity index (χ4v) is 1.90. The fourth-order valence-electron chi connectivity index (χ4n) is 1.90. The van der Waals surface area contributed by atoms with E-state index in [0.717, 1.165) is 0 Å². The summed E-state index contributed by atoms with van der Waals surface area (Å²) in [5, 5.41) is 0. The monoisotopic (exact) mass is 290 g/mol. The van der Waals surface area contributed by atoms with E-state index in [0.29, 0.717) is 34.4 Å². The molecule has 2 aromatic rings. The van der Waals surface area contributed by atoms with E-state index in [4.69, 9.17) is 24.7 Å². The van der Waals surface area contributed by atoms with Crippen molar-refractivity contribution in [3.05, 3.63) is 36.2 Å². The fraction of sp³-hybridized carbons (Fsp3) is 0.267. The van der Waals surface area contributed by atoms with Crippen molar-refractivity contribution in [2.75, 3.05) is 27.1 Å². The first kappa shape index (κ1) is 14.8. The van der Waals surface area contributed by atoms with Crippen molar-refractivity contribution in [2.45, 2.75) is 6.61 Å². The number of pyridine rings is 1. The zero-order chi connectivity index (χ0) is 15.2. The molecule has 0 bridgehead atoms. The van der Waals surface area contributed by atoms with Crippen LogP contribution < -0.4 is 24.7 Å². The molecule has 1 heterocycles. The average Bonchev–Trinajstić information content (AvgIpc) is 2.52. The predicted octanol–water partition coefficient (Wildman–Crippen LogP) is 2.27. The van der Waals surface area contributed by atoms with E-state index in [1.807, 2.05) is 0 Å². The molecule has 6 heteroatoms. The maximum absolute atomic E-state index is 5.73. The van der Waals surface area contributed by atoms with Gasteiger partial charge in [-0.05, 0) is 12.1 Å². The Balaban J connectivity index is 2.20. The van der Waals surface area contributed by atoms with Crippen molar-refractivity contribution < 1.29 is 18.9 Å². The molecule has 0 fully saturated rings. The molecule has 112 valence electrons. The molecule has 0 radical (unpaired) electrons. The van der Waals surface area contributed by atoms with Crippen LogP contribution in [0.3, 0.4) is 0 Å². The average molecular weight is 290 g/mol. The Labute approximate surface area is 123 Å². The summed E-state index contributed by atoms with van der Waals surface area (Å²) in [6.45, 7) is 0.223. The molecule has 0 saturated carbocycles. The zero-order valence-electron chi connectivity index (χ0n) is 12.3. The second-order valence-electron chi connectivity index (χ2n) is 4.19. The zero-order valence-corrected chi connectivity index (χ0v) is 12.3. The summed E-state index contributed by atoms with van der Waals surface area (Å²) in [6, 6.07) is 6.92. The Bertz CT molecular complexity index is 617. The molecule has 0 aliphatic rings. The molecule has 0 saturated heterocycles. The van der Waals surface area contributed by atoms with Crippen LogP contribution in [0, 0.1) is 0 Å². The molecule has 2 N–H and O–H groups in total. The van der Waals surface area contributed by atoms with Crippen molar-refractivity contribution in [3.8, 4) is 23.0 Å². The maximum Gasteiger partial charge on any atom is 0.185 e. The van der Waals surface area contributed by atoms with Crippen molar-refractivity contribution in [1.29, 1.82) is 0 Å². The van der Waals surface area contributed by atoms with E-state index in [1.165, 1.54) is 0 Å². The first-order valence-corrected chi connectivity index (χ1v) is 6.31. The number of nitrogens with two attached hydrogens (primary N) is 1. The largest absolute Gasteiger partial charge is 0.493 e. The topological polar surface area (TPSA) is 75.8 Å². The van der Waals surface area contributed by atoms with E-state index in [-0.39, 0.29) is 6.61 Å². The van der Waals surface area contributed by atoms with Gasteiger partial charge in [0, 0.05) is 24.0 Å². The quantitative estimate of drug-likeness (QED) is 0.822. The summed E-state index contributed by atoms with van der Waals surface area (Å²) in [6.07, 6.45) is 1.64. The Hall–Kier alpha value is -2.63. The number of methoxy groups -OCH3 is 3. The Morgan fingerprint density at radius 3 is 2.38 bits per heavy atom. The van der Waals surface area contributed by atoms with Gasteiger partial charge < -0.3 is 24.7 Å². The van der Waals surface area contributed by atoms with E-state index in [9.17, 15) is 0 Å². The number of ether oxygens (including phenoxy) is 4. The second kappa shape index (κ2) is 6.69. The molecule has 0 aliphatic heterocycles. The van der Waals surface area contributed by atoms with Gasteiger partial charge in [-0.25, -0.2) is 0 Å². The molecule has 1 aromatic carbocycles. The minimum atomic E-state index is 0.223. The lowest BCUT2D eigenvalue weighted by Gasteiger charge is -2.14. The van der Waals surface area contributed by atoms with Gasteiger partial charge >= 0.3 is 0 Å². The SMILES string of the molecule is COc1cc(N)ccc1OCc1nccc(OC)c1OC. The van der Waals surface area contributed by atoms with Crippen LogP contribution in [0.5, 0.6) is 23.0 Å². The number of rotatable bonds is 6. The first-order valence-electron chi connectivity index (χ1n) is 6.31. The summed E-state index contributed by atoms with van der Waals surface area (Å²) in [7, 11) is 4.70. The van der Waals surface area contributed by atoms with E-state index in [1.54, 1.807) is 51.8 Å². The summed E-state index contributed by atoms with van der Waals surface area (Å²) in [5.74, 6) is 2.31. The standard InChI is InChI=1S/C15H18N2O4/c1-18-13-6-7-17-11(15(13)20-3)9-21-12-5-4-10(16)8-14(12)19-2/h4-8H,9,16H2,1-3H3. The Morgan fingerprint density at radius 2 is 1.71 bits per heavy atom. The highest BCUT2D eigenvalue weighted by Crippen LogP contribution is 2.32. The van der Waals surface area contributed by atoms with Crippen LogP contribution >= 0.6 is 0 Å². The molecule has 0 spiro atoms. The van der Waals surface area contributed by atoms with E-state index in [2.05, 4.69) is 4.98 Å². The first-order chi connectivity index (χ1) is 10.2. The third kappa shape index (κ3) is 3.28. The van der Waals surface area contributed by atoms with E-state index >= 15 is 0 Å². The summed E-state index contributed by atoms with van der Waals surface area (Å²) >= 11 is 0. The summed E-state index contributed by atoms with van der Waals surface area (Å²) in [4.78, 5) is 4.25. The van der Waals surface area contributed by atoms with Gasteiger partial charge in [0.15, 0.2) is 23.0 Å². The van der Waals surface area contributed by atoms with Crippen LogP contribution in [-0.4, -0.2) is 26.3 Å². The molecule has 6 nitrogen and oxygen atoms in total. The summed E-state index contributed by atoms with van der Waals surface area (Å²) < 4.78 is 21.5. The van der Waals surface area contributed by atoms with Gasteiger partial charge in [-0.1, -0.05) is 0 Å². The highest BCUT2D eigenvalue weighted by atomic mass is 16.5. The molecule has 0 atom stereocenters. The highest BCUT2D eigenvalue weighted by molar-refractivity contribution is 5.52. The predicted molar refractivity (Wildman–Crippen MR) is 79.1 cm³/mol. The third-order valence-corrected chi connectivity index (χ3v) is 2.92. The van der Waals surface area contributed by atoms with Crippen LogP contribution in [-0.2, 0) is 6.61 Å². The molecule has 21 heavy (non-hydrogen) atoms. The van der Waals surface area contributed by atoms with Crippen LogP contribution in [0.1, 0.15) is 5.69 Å². The lowest BCUT2D eigenvalue weighted by atomic mass is 10.2. The van der Waals surface area contributed by atoms with Gasteiger partial charge in [-0.15, -0.1) is 0 Å². The van der Waals surface area contributed by atoms with Gasteiger partial charge in [0.05, 0.1) is 21.3 Å². The van der Waals surface area contributed by atoms with Gasteiger partial charge in [-0.2, -0.15) is 0 Å². The van der Waals surface area contributed by atoms with Crippen LogP contribution in [0.15, 0.2) is 30.5 Å². The van der Waals surface area contributed by atoms with Gasteiger partial charge in [-0.3, -0.25) is 4.98 Å². The molecular weight excluding hydrogens is 272 g/mol. The van der Waals surface area contributed by atoms with Crippen LogP contribution in [0.2, 0.25) is 0 Å². The molecule has 0 unspecified atom stereocenters. The molecular formula is C15H18N2O4. The summed E-state index contributed by atoms with van der Waals surface area (Å²) in [5.41, 5.74) is 6.95. The van der Waals surface area contributed by atoms with Crippen molar-refractivity contribution in [3.63, 3.8) is 0 Å². The normalized spacial score (nSPS) is 10.0. The van der Waals surface area contributed by atoms with Gasteiger partial charge in [0.2, 0.25) is 0 Å². The number of hydrogen-bond acceptors (Lipinski definition) is 6. The number of aromatic nitrogens is 1. The van der Waals surface area contributed by atoms with Gasteiger partial charge in [0.1, 0.15) is 12.3 Å². The lowest BCUT2D eigenvalue weighted by Crippen LogP contribution is -2.04. The minimum absolute atomic E-state index is 0.223. The van der Waals surface area contributed by atoms with Crippen molar-refractivity contribution in [2.24, 2.45) is 0 Å². The smallest absolute Gasteiger partial charge is 0.185 e. The second-order valence-corrected chi connectivity index (χ2v) is 4.19. The Morgan fingerprint density at radius 1 is 0.952 bits per heavy atom. The lowest BCUT2D eigenvalue weighted by molar-refractivity contribution is 0.270. The molecule has 0 amide bonds. The molecule has 2 rings (SSSR count). The van der Waals surface area contributed by atoms with Crippen molar-refractivity contribution >= 4 is 5.69 Å². The number of nitrogen functional groups attached to an aromatic ring is 1. The van der Waals surface area contributed by atoms with Crippen molar-refractivity contribution in [1.82, 2.24) is 4.98 Å². The molecule has 1 aromatic heterocycles. The maximum atomic E-state index is 5.73. The van der Waals surface area contributed by atoms with Gasteiger partial charge in [0.25, 0.3) is 0 Å². The number of anilines is 1. The third-order valence-electron chi connectivity index (χ3n) is 2.92. The number of benzene rings is 1. The minimum Gasteiger partial charge on any atom is -0.493 e. The Kier molecular flexibility index (Phi) is 4.71. The number of nitrogens with zero attached hydrogens (tertiary/aromatic N) is 1. The number of hydrogen-bond donors (Lipinski definition) is 1. The highest BCUT2D eigenvalue weighted by Gasteiger charge is 2.13. The van der Waals surface area contributed by atoms with E-state index < -0.39 is 0 Å².